The molecule has 1 atom stereocenters. The van der Waals surface area contributed by atoms with Gasteiger partial charge in [-0.1, -0.05) is 11.6 Å². The Hall–Kier alpha value is -0.800. The maximum Gasteiger partial charge on any atom is 0.242 e. The van der Waals surface area contributed by atoms with E-state index < -0.39 is 11.2 Å². The first-order valence-corrected chi connectivity index (χ1v) is 4.72. The molecule has 1 amide bonds. The number of amides is 1. The van der Waals surface area contributed by atoms with Gasteiger partial charge in [0.2, 0.25) is 5.91 Å². The largest absolute Gasteiger partial charge is 0.325 e. The van der Waals surface area contributed by atoms with Gasteiger partial charge in [-0.05, 0) is 25.1 Å². The van der Waals surface area contributed by atoms with Gasteiger partial charge in [0.1, 0.15) is 11.2 Å². The predicted octanol–water partition coefficient (Wildman–Crippen LogP) is 3.04. The van der Waals surface area contributed by atoms with Gasteiger partial charge in [0.15, 0.2) is 0 Å². The van der Waals surface area contributed by atoms with Gasteiger partial charge in [0.05, 0.1) is 5.02 Å². The lowest BCUT2D eigenvalue weighted by atomic mass is 10.3. The van der Waals surface area contributed by atoms with Crippen LogP contribution in [0.4, 0.5) is 10.1 Å². The molecule has 76 valence electrons. The van der Waals surface area contributed by atoms with E-state index in [1.807, 2.05) is 0 Å². The van der Waals surface area contributed by atoms with Crippen LogP contribution in [0.15, 0.2) is 18.2 Å². The highest BCUT2D eigenvalue weighted by atomic mass is 35.5. The fourth-order valence-electron chi connectivity index (χ4n) is 0.816. The zero-order chi connectivity index (χ0) is 10.7. The molecule has 1 unspecified atom stereocenters. The zero-order valence-corrected chi connectivity index (χ0v) is 8.86. The second-order valence-corrected chi connectivity index (χ2v) is 3.80. The molecule has 0 saturated heterocycles. The van der Waals surface area contributed by atoms with Crippen LogP contribution in [0.2, 0.25) is 5.02 Å². The van der Waals surface area contributed by atoms with E-state index in [1.165, 1.54) is 19.1 Å². The Morgan fingerprint density at radius 1 is 1.57 bits per heavy atom. The van der Waals surface area contributed by atoms with Crippen molar-refractivity contribution in [3.63, 3.8) is 0 Å². The second-order valence-electron chi connectivity index (χ2n) is 2.73. The van der Waals surface area contributed by atoms with Crippen LogP contribution in [-0.2, 0) is 4.79 Å². The maximum atomic E-state index is 12.9. The van der Waals surface area contributed by atoms with E-state index >= 15 is 0 Å². The summed E-state index contributed by atoms with van der Waals surface area (Å²) < 4.78 is 12.9. The molecule has 0 aromatic heterocycles. The lowest BCUT2D eigenvalue weighted by Crippen LogP contribution is -2.20. The third kappa shape index (κ3) is 2.86. The summed E-state index contributed by atoms with van der Waals surface area (Å²) in [6.45, 7) is 1.53. The maximum absolute atomic E-state index is 12.9. The molecule has 0 saturated carbocycles. The van der Waals surface area contributed by atoms with Gasteiger partial charge < -0.3 is 5.32 Å². The number of halogens is 3. The molecule has 0 aliphatic rings. The summed E-state index contributed by atoms with van der Waals surface area (Å²) in [5.41, 5.74) is 0.337. The van der Waals surface area contributed by atoms with Crippen LogP contribution in [0.5, 0.6) is 0 Å². The summed E-state index contributed by atoms with van der Waals surface area (Å²) in [5.74, 6) is -0.958. The molecule has 5 heteroatoms. The van der Waals surface area contributed by atoms with Crippen LogP contribution in [0.1, 0.15) is 6.92 Å². The van der Waals surface area contributed by atoms with Gasteiger partial charge >= 0.3 is 0 Å². The van der Waals surface area contributed by atoms with E-state index in [4.69, 9.17) is 23.2 Å². The van der Waals surface area contributed by atoms with Gasteiger partial charge in [0, 0.05) is 5.69 Å². The fourth-order valence-corrected chi connectivity index (χ4v) is 0.988. The van der Waals surface area contributed by atoms with Gasteiger partial charge in [0.25, 0.3) is 0 Å². The quantitative estimate of drug-likeness (QED) is 0.785. The molecule has 0 fully saturated rings. The molecule has 0 heterocycles. The Bertz CT molecular complexity index is 355. The molecule has 0 bridgehead atoms. The summed E-state index contributed by atoms with van der Waals surface area (Å²) >= 11 is 11.0. The topological polar surface area (TPSA) is 29.1 Å². The number of anilines is 1. The smallest absolute Gasteiger partial charge is 0.242 e. The van der Waals surface area contributed by atoms with Crippen LogP contribution in [0.25, 0.3) is 0 Å². The number of alkyl halides is 1. The molecular weight excluding hydrogens is 228 g/mol. The standard InChI is InChI=1S/C9H8Cl2FNO/c1-5(10)9(14)13-6-2-3-7(11)8(12)4-6/h2-5H,1H3,(H,13,14). The predicted molar refractivity (Wildman–Crippen MR) is 55.4 cm³/mol. The van der Waals surface area contributed by atoms with Crippen LogP contribution >= 0.6 is 23.2 Å². The van der Waals surface area contributed by atoms with E-state index in [1.54, 1.807) is 0 Å². The van der Waals surface area contributed by atoms with Crippen molar-refractivity contribution in [3.8, 4) is 0 Å². The van der Waals surface area contributed by atoms with Crippen molar-refractivity contribution >= 4 is 34.8 Å². The zero-order valence-electron chi connectivity index (χ0n) is 7.35. The Labute approximate surface area is 91.0 Å². The Balaban J connectivity index is 2.78. The fraction of sp³-hybridized carbons (Fsp3) is 0.222. The first-order chi connectivity index (χ1) is 6.50. The van der Waals surface area contributed by atoms with Crippen molar-refractivity contribution in [2.24, 2.45) is 0 Å². The number of carbonyl (C=O) groups excluding carboxylic acids is 1. The van der Waals surface area contributed by atoms with E-state index in [2.05, 4.69) is 5.32 Å². The van der Waals surface area contributed by atoms with E-state index in [-0.39, 0.29) is 10.9 Å². The highest BCUT2D eigenvalue weighted by molar-refractivity contribution is 6.32. The van der Waals surface area contributed by atoms with E-state index in [0.29, 0.717) is 5.69 Å². The van der Waals surface area contributed by atoms with Crippen LogP contribution in [-0.4, -0.2) is 11.3 Å². The normalized spacial score (nSPS) is 12.3. The number of hydrogen-bond donors (Lipinski definition) is 1. The van der Waals surface area contributed by atoms with Crippen LogP contribution < -0.4 is 5.32 Å². The van der Waals surface area contributed by atoms with Crippen molar-refractivity contribution in [3.05, 3.63) is 29.0 Å². The molecule has 1 aromatic rings. The molecule has 0 radical (unpaired) electrons. The molecule has 0 aliphatic heterocycles. The number of benzene rings is 1. The van der Waals surface area contributed by atoms with E-state index in [9.17, 15) is 9.18 Å². The van der Waals surface area contributed by atoms with Crippen molar-refractivity contribution in [2.45, 2.75) is 12.3 Å². The minimum absolute atomic E-state index is 0.0157. The summed E-state index contributed by atoms with van der Waals surface area (Å²) in [6.07, 6.45) is 0. The van der Waals surface area contributed by atoms with Crippen molar-refractivity contribution in [1.29, 1.82) is 0 Å². The average molecular weight is 236 g/mol. The van der Waals surface area contributed by atoms with Crippen molar-refractivity contribution < 1.29 is 9.18 Å². The molecule has 1 rings (SSSR count). The van der Waals surface area contributed by atoms with Crippen molar-refractivity contribution in [1.82, 2.24) is 0 Å². The molecule has 0 spiro atoms. The second kappa shape index (κ2) is 4.62. The number of hydrogen-bond acceptors (Lipinski definition) is 1. The molecule has 1 aromatic carbocycles. The summed E-state index contributed by atoms with van der Waals surface area (Å²) in [5, 5.41) is 1.80. The van der Waals surface area contributed by atoms with Gasteiger partial charge in [-0.25, -0.2) is 4.39 Å². The summed E-state index contributed by atoms with van der Waals surface area (Å²) in [4.78, 5) is 11.1. The van der Waals surface area contributed by atoms with E-state index in [0.717, 1.165) is 6.07 Å². The minimum Gasteiger partial charge on any atom is -0.325 e. The lowest BCUT2D eigenvalue weighted by Gasteiger charge is -2.06. The Morgan fingerprint density at radius 2 is 2.21 bits per heavy atom. The van der Waals surface area contributed by atoms with Gasteiger partial charge in [-0.3, -0.25) is 4.79 Å². The monoisotopic (exact) mass is 235 g/mol. The van der Waals surface area contributed by atoms with Gasteiger partial charge in [-0.2, -0.15) is 0 Å². The minimum atomic E-state index is -0.659. The summed E-state index contributed by atoms with van der Waals surface area (Å²) in [7, 11) is 0. The Morgan fingerprint density at radius 3 is 2.71 bits per heavy atom. The highest BCUT2D eigenvalue weighted by Gasteiger charge is 2.09. The SMILES string of the molecule is CC(Cl)C(=O)Nc1ccc(Cl)c(F)c1. The first kappa shape index (κ1) is 11.3. The Kier molecular flexibility index (Phi) is 3.72. The number of rotatable bonds is 2. The van der Waals surface area contributed by atoms with Crippen LogP contribution in [0, 0.1) is 5.82 Å². The third-order valence-electron chi connectivity index (χ3n) is 1.55. The average Bonchev–Trinajstić information content (AvgIpc) is 2.11. The van der Waals surface area contributed by atoms with Gasteiger partial charge in [-0.15, -0.1) is 11.6 Å². The first-order valence-electron chi connectivity index (χ1n) is 3.90. The molecule has 14 heavy (non-hydrogen) atoms. The van der Waals surface area contributed by atoms with Crippen molar-refractivity contribution in [2.75, 3.05) is 5.32 Å². The summed E-state index contributed by atoms with van der Waals surface area (Å²) in [6, 6.07) is 4.01. The third-order valence-corrected chi connectivity index (χ3v) is 2.05. The number of nitrogens with one attached hydrogen (secondary N) is 1. The number of carbonyl (C=O) groups is 1. The highest BCUT2D eigenvalue weighted by Crippen LogP contribution is 2.18. The molecular formula is C9H8Cl2FNO. The molecule has 2 nitrogen and oxygen atoms in total. The molecule has 1 N–H and O–H groups in total. The lowest BCUT2D eigenvalue weighted by molar-refractivity contribution is -0.115. The van der Waals surface area contributed by atoms with Crippen LogP contribution in [0.3, 0.4) is 0 Å². The molecule has 0 aliphatic carbocycles.